The van der Waals surface area contributed by atoms with E-state index in [4.69, 9.17) is 0 Å². The van der Waals surface area contributed by atoms with Crippen LogP contribution in [0.4, 0.5) is 0 Å². The Kier molecular flexibility index (Phi) is 5.53. The number of rotatable bonds is 7. The Hall–Kier alpha value is -1.40. The maximum Gasteiger partial charge on any atom is 0.243 e. The number of carbonyl (C=O) groups is 1. The second-order valence-corrected chi connectivity index (χ2v) is 11.5. The summed E-state index contributed by atoms with van der Waals surface area (Å²) in [6.07, 6.45) is 7.13. The van der Waals surface area contributed by atoms with E-state index < -0.39 is 10.0 Å². The molecule has 4 aliphatic carbocycles. The fourth-order valence-corrected chi connectivity index (χ4v) is 7.92. The molecule has 0 radical (unpaired) electrons. The molecule has 4 aliphatic rings. The second-order valence-electron chi connectivity index (χ2n) is 9.55. The van der Waals surface area contributed by atoms with Gasteiger partial charge in [-0.05, 0) is 80.9 Å². The summed E-state index contributed by atoms with van der Waals surface area (Å²) in [4.78, 5) is 13.6. The summed E-state index contributed by atoms with van der Waals surface area (Å²) < 4.78 is 26.8. The van der Waals surface area contributed by atoms with Gasteiger partial charge in [-0.1, -0.05) is 26.0 Å². The van der Waals surface area contributed by atoms with Crippen molar-refractivity contribution in [3.8, 4) is 0 Å². The van der Waals surface area contributed by atoms with E-state index in [9.17, 15) is 13.2 Å². The zero-order valence-electron chi connectivity index (χ0n) is 17.9. The minimum atomic E-state index is -3.45. The number of hydrogen-bond acceptors (Lipinski definition) is 3. The van der Waals surface area contributed by atoms with E-state index in [0.717, 1.165) is 42.6 Å². The summed E-state index contributed by atoms with van der Waals surface area (Å²) in [5.41, 5.74) is 0.788. The lowest BCUT2D eigenvalue weighted by molar-refractivity contribution is -0.147. The van der Waals surface area contributed by atoms with Crippen LogP contribution in [0.25, 0.3) is 0 Å². The summed E-state index contributed by atoms with van der Waals surface area (Å²) in [5.74, 6) is 2.44. The third-order valence-electron chi connectivity index (χ3n) is 7.59. The van der Waals surface area contributed by atoms with Crippen molar-refractivity contribution in [3.63, 3.8) is 0 Å². The predicted molar refractivity (Wildman–Crippen MR) is 114 cm³/mol. The number of nitrogens with one attached hydrogen (secondary N) is 1. The Morgan fingerprint density at radius 2 is 1.52 bits per heavy atom. The lowest BCUT2D eigenvalue weighted by Crippen LogP contribution is -2.53. The minimum Gasteiger partial charge on any atom is -0.349 e. The molecule has 4 fully saturated rings. The number of nitrogens with zero attached hydrogens (tertiary/aromatic N) is 1. The minimum absolute atomic E-state index is 0.124. The normalized spacial score (nSPS) is 31.8. The Morgan fingerprint density at radius 3 is 1.97 bits per heavy atom. The molecular weight excluding hydrogens is 384 g/mol. The van der Waals surface area contributed by atoms with Gasteiger partial charge >= 0.3 is 0 Å². The number of carbonyl (C=O) groups excluding carboxylic acids is 1. The molecule has 4 bridgehead atoms. The van der Waals surface area contributed by atoms with Crippen LogP contribution in [0, 0.1) is 23.2 Å². The Morgan fingerprint density at radius 1 is 1.03 bits per heavy atom. The third-order valence-corrected chi connectivity index (χ3v) is 9.65. The Balaban J connectivity index is 1.45. The highest BCUT2D eigenvalue weighted by molar-refractivity contribution is 7.89. The van der Waals surface area contributed by atoms with Crippen molar-refractivity contribution in [2.45, 2.75) is 70.2 Å². The summed E-state index contributed by atoms with van der Waals surface area (Å²) >= 11 is 0. The standard InChI is InChI=1S/C23H34N2O3S/c1-4-25(5-2)29(27,28)21-8-6-20(7-9-21)16(3)24-22(26)23-13-17-10-18(14-23)12-19(11-17)15-23/h6-9,16-19H,4-5,10-15H2,1-3H3,(H,24,26). The third kappa shape index (κ3) is 3.74. The van der Waals surface area contributed by atoms with E-state index in [1.54, 1.807) is 12.1 Å². The van der Waals surface area contributed by atoms with Crippen LogP contribution < -0.4 is 5.32 Å². The molecule has 4 saturated carbocycles. The van der Waals surface area contributed by atoms with Crippen molar-refractivity contribution < 1.29 is 13.2 Å². The maximum absolute atomic E-state index is 13.3. The van der Waals surface area contributed by atoms with E-state index in [0.29, 0.717) is 18.0 Å². The maximum atomic E-state index is 13.3. The Labute approximate surface area is 175 Å². The van der Waals surface area contributed by atoms with E-state index >= 15 is 0 Å². The molecule has 6 heteroatoms. The van der Waals surface area contributed by atoms with Crippen LogP contribution in [0.5, 0.6) is 0 Å². The molecule has 0 spiro atoms. The fraction of sp³-hybridized carbons (Fsp3) is 0.696. The van der Waals surface area contributed by atoms with Gasteiger partial charge in [-0.15, -0.1) is 0 Å². The van der Waals surface area contributed by atoms with Crippen LogP contribution >= 0.6 is 0 Å². The monoisotopic (exact) mass is 418 g/mol. The molecule has 160 valence electrons. The van der Waals surface area contributed by atoms with Crippen molar-refractivity contribution in [1.29, 1.82) is 0 Å². The van der Waals surface area contributed by atoms with Crippen molar-refractivity contribution in [3.05, 3.63) is 29.8 Å². The SMILES string of the molecule is CCN(CC)S(=O)(=O)c1ccc(C(C)NC(=O)C23CC4CC(CC(C4)C2)C3)cc1. The summed E-state index contributed by atoms with van der Waals surface area (Å²) in [5, 5.41) is 3.26. The topological polar surface area (TPSA) is 66.5 Å². The first-order chi connectivity index (χ1) is 13.8. The summed E-state index contributed by atoms with van der Waals surface area (Å²) in [7, 11) is -3.45. The first-order valence-corrected chi connectivity index (χ1v) is 12.6. The van der Waals surface area contributed by atoms with Gasteiger partial charge in [0.05, 0.1) is 10.9 Å². The number of sulfonamides is 1. The molecule has 29 heavy (non-hydrogen) atoms. The average molecular weight is 419 g/mol. The van der Waals surface area contributed by atoms with Gasteiger partial charge in [0.2, 0.25) is 15.9 Å². The summed E-state index contributed by atoms with van der Waals surface area (Å²) in [6.45, 7) is 6.59. The highest BCUT2D eigenvalue weighted by Gasteiger charge is 2.54. The van der Waals surface area contributed by atoms with E-state index in [-0.39, 0.29) is 17.4 Å². The van der Waals surface area contributed by atoms with Crippen LogP contribution in [0.15, 0.2) is 29.2 Å². The molecule has 0 aliphatic heterocycles. The highest BCUT2D eigenvalue weighted by Crippen LogP contribution is 2.60. The van der Waals surface area contributed by atoms with E-state index in [2.05, 4.69) is 5.32 Å². The van der Waals surface area contributed by atoms with Crippen molar-refractivity contribution in [2.75, 3.05) is 13.1 Å². The van der Waals surface area contributed by atoms with Gasteiger partial charge in [0.25, 0.3) is 0 Å². The van der Waals surface area contributed by atoms with Crippen LogP contribution in [0.2, 0.25) is 0 Å². The molecule has 1 N–H and O–H groups in total. The smallest absolute Gasteiger partial charge is 0.243 e. The molecule has 1 aromatic rings. The lowest BCUT2D eigenvalue weighted by Gasteiger charge is -2.55. The van der Waals surface area contributed by atoms with Gasteiger partial charge in [-0.2, -0.15) is 4.31 Å². The number of benzene rings is 1. The largest absolute Gasteiger partial charge is 0.349 e. The van der Waals surface area contributed by atoms with Crippen molar-refractivity contribution in [2.24, 2.45) is 23.2 Å². The lowest BCUT2D eigenvalue weighted by atomic mass is 9.49. The van der Waals surface area contributed by atoms with Gasteiger partial charge < -0.3 is 5.32 Å². The van der Waals surface area contributed by atoms with Gasteiger partial charge in [0.15, 0.2) is 0 Å². The van der Waals surface area contributed by atoms with Gasteiger partial charge in [0.1, 0.15) is 0 Å². The zero-order valence-corrected chi connectivity index (χ0v) is 18.7. The quantitative estimate of drug-likeness (QED) is 0.725. The molecule has 0 aromatic heterocycles. The van der Waals surface area contributed by atoms with E-state index in [1.165, 1.54) is 23.6 Å². The van der Waals surface area contributed by atoms with Crippen LogP contribution in [-0.4, -0.2) is 31.7 Å². The number of amides is 1. The molecule has 1 atom stereocenters. The molecule has 5 nitrogen and oxygen atoms in total. The zero-order chi connectivity index (χ0) is 20.8. The molecular formula is C23H34N2O3S. The number of hydrogen-bond donors (Lipinski definition) is 1. The average Bonchev–Trinajstić information content (AvgIpc) is 2.67. The van der Waals surface area contributed by atoms with Crippen LogP contribution in [0.3, 0.4) is 0 Å². The van der Waals surface area contributed by atoms with Gasteiger partial charge in [-0.3, -0.25) is 4.79 Å². The van der Waals surface area contributed by atoms with Crippen LogP contribution in [0.1, 0.15) is 70.9 Å². The molecule has 1 unspecified atom stereocenters. The van der Waals surface area contributed by atoms with E-state index in [1.807, 2.05) is 32.9 Å². The predicted octanol–water partition coefficient (Wildman–Crippen LogP) is 4.11. The molecule has 5 rings (SSSR count). The first-order valence-electron chi connectivity index (χ1n) is 11.2. The van der Waals surface area contributed by atoms with Crippen molar-refractivity contribution >= 4 is 15.9 Å². The summed E-state index contributed by atoms with van der Waals surface area (Å²) in [6, 6.07) is 6.87. The van der Waals surface area contributed by atoms with Gasteiger partial charge in [0, 0.05) is 18.5 Å². The van der Waals surface area contributed by atoms with Gasteiger partial charge in [-0.25, -0.2) is 8.42 Å². The Bertz CT molecular complexity index is 823. The molecule has 1 aromatic carbocycles. The first kappa shape index (κ1) is 20.9. The second kappa shape index (κ2) is 7.69. The molecule has 1 amide bonds. The highest BCUT2D eigenvalue weighted by atomic mass is 32.2. The fourth-order valence-electron chi connectivity index (χ4n) is 6.46. The molecule has 0 saturated heterocycles. The van der Waals surface area contributed by atoms with Crippen molar-refractivity contribution in [1.82, 2.24) is 9.62 Å². The van der Waals surface area contributed by atoms with Crippen LogP contribution in [-0.2, 0) is 14.8 Å². The molecule has 0 heterocycles.